The molecule has 3 aromatic rings. The van der Waals surface area contributed by atoms with Gasteiger partial charge in [0.15, 0.2) is 13.4 Å². The van der Waals surface area contributed by atoms with Crippen molar-refractivity contribution in [2.75, 3.05) is 19.0 Å². The van der Waals surface area contributed by atoms with Gasteiger partial charge in [-0.25, -0.2) is 9.37 Å². The molecule has 1 atom stereocenters. The first kappa shape index (κ1) is 29.1. The van der Waals surface area contributed by atoms with Crippen LogP contribution in [0.5, 0.6) is 5.75 Å². The molecule has 1 aromatic heterocycles. The number of nitrogens with zero attached hydrogens (tertiary/aromatic N) is 1. The lowest BCUT2D eigenvalue weighted by Gasteiger charge is -2.36. The number of methoxy groups -OCH3 is 1. The Balaban J connectivity index is 1.47. The summed E-state index contributed by atoms with van der Waals surface area (Å²) in [7, 11) is -0.294. The van der Waals surface area contributed by atoms with Gasteiger partial charge in [0.25, 0.3) is 0 Å². The SMILES string of the molecule is COc1cc(Cl)c(-c2nc(NC[C@H](c3ccc(CO[Si](C)(C)C(C)(C)C)c(F)c3)C3CC3)sc2C)cc1C. The maximum atomic E-state index is 15.2. The highest BCUT2D eigenvalue weighted by Gasteiger charge is 2.37. The van der Waals surface area contributed by atoms with Gasteiger partial charge < -0.3 is 14.5 Å². The molecule has 38 heavy (non-hydrogen) atoms. The summed E-state index contributed by atoms with van der Waals surface area (Å²) in [5, 5.41) is 5.12. The minimum atomic E-state index is -1.94. The predicted octanol–water partition coefficient (Wildman–Crippen LogP) is 9.36. The zero-order valence-corrected chi connectivity index (χ0v) is 26.4. The van der Waals surface area contributed by atoms with Crippen molar-refractivity contribution in [3.63, 3.8) is 0 Å². The van der Waals surface area contributed by atoms with Crippen molar-refractivity contribution < 1.29 is 13.6 Å². The van der Waals surface area contributed by atoms with Gasteiger partial charge >= 0.3 is 0 Å². The van der Waals surface area contributed by atoms with Crippen molar-refractivity contribution >= 4 is 36.4 Å². The molecular weight excluding hydrogens is 535 g/mol. The number of halogens is 2. The summed E-state index contributed by atoms with van der Waals surface area (Å²) in [6.45, 7) is 16.1. The van der Waals surface area contributed by atoms with Crippen molar-refractivity contribution in [1.82, 2.24) is 4.98 Å². The number of ether oxygens (including phenoxy) is 1. The van der Waals surface area contributed by atoms with E-state index in [0.29, 0.717) is 29.7 Å². The number of aryl methyl sites for hydroxylation is 2. The zero-order chi connectivity index (χ0) is 27.8. The van der Waals surface area contributed by atoms with Crippen molar-refractivity contribution in [1.29, 1.82) is 0 Å². The largest absolute Gasteiger partial charge is 0.496 e. The maximum absolute atomic E-state index is 15.2. The van der Waals surface area contributed by atoms with Gasteiger partial charge in [0.1, 0.15) is 11.6 Å². The average molecular weight is 575 g/mol. The summed E-state index contributed by atoms with van der Waals surface area (Å²) >= 11 is 8.19. The lowest BCUT2D eigenvalue weighted by Crippen LogP contribution is -2.40. The topological polar surface area (TPSA) is 43.4 Å². The molecule has 1 heterocycles. The van der Waals surface area contributed by atoms with Crippen LogP contribution in [0, 0.1) is 25.6 Å². The fraction of sp³-hybridized carbons (Fsp3) is 0.500. The Morgan fingerprint density at radius 3 is 2.50 bits per heavy atom. The van der Waals surface area contributed by atoms with Crippen molar-refractivity contribution in [3.8, 4) is 17.0 Å². The van der Waals surface area contributed by atoms with Gasteiger partial charge in [-0.1, -0.05) is 44.5 Å². The van der Waals surface area contributed by atoms with Crippen LogP contribution in [-0.4, -0.2) is 27.0 Å². The van der Waals surface area contributed by atoms with Gasteiger partial charge in [-0.3, -0.25) is 0 Å². The fourth-order valence-corrected chi connectivity index (χ4v) is 6.45. The first-order valence-corrected chi connectivity index (χ1v) is 17.4. The Labute approximate surface area is 237 Å². The van der Waals surface area contributed by atoms with Crippen LogP contribution in [0.2, 0.25) is 23.2 Å². The van der Waals surface area contributed by atoms with E-state index in [4.69, 9.17) is 25.7 Å². The number of benzene rings is 2. The number of rotatable bonds is 10. The molecule has 0 aliphatic heterocycles. The lowest BCUT2D eigenvalue weighted by molar-refractivity contribution is 0.271. The van der Waals surface area contributed by atoms with Crippen LogP contribution in [0.1, 0.15) is 61.1 Å². The normalized spacial score (nSPS) is 15.0. The molecule has 1 aliphatic rings. The summed E-state index contributed by atoms with van der Waals surface area (Å²) in [6.07, 6.45) is 2.35. The fourth-order valence-electron chi connectivity index (χ4n) is 4.43. The Morgan fingerprint density at radius 2 is 1.89 bits per heavy atom. The molecule has 1 N–H and O–H groups in total. The van der Waals surface area contributed by atoms with Gasteiger partial charge in [-0.15, -0.1) is 11.3 Å². The van der Waals surface area contributed by atoms with Gasteiger partial charge in [0.05, 0.1) is 24.4 Å². The number of nitrogens with one attached hydrogen (secondary N) is 1. The van der Waals surface area contributed by atoms with Crippen LogP contribution < -0.4 is 10.1 Å². The monoisotopic (exact) mass is 574 g/mol. The third kappa shape index (κ3) is 6.44. The van der Waals surface area contributed by atoms with Crippen LogP contribution in [-0.2, 0) is 11.0 Å². The molecule has 1 aliphatic carbocycles. The minimum Gasteiger partial charge on any atom is -0.496 e. The molecule has 0 amide bonds. The average Bonchev–Trinajstić information content (AvgIpc) is 3.61. The molecule has 1 saturated carbocycles. The van der Waals surface area contributed by atoms with Crippen LogP contribution in [0.15, 0.2) is 30.3 Å². The van der Waals surface area contributed by atoms with E-state index >= 15 is 4.39 Å². The van der Waals surface area contributed by atoms with Gasteiger partial charge in [0, 0.05) is 28.5 Å². The molecule has 0 bridgehead atoms. The molecule has 0 spiro atoms. The molecule has 8 heteroatoms. The van der Waals surface area contributed by atoms with Crippen LogP contribution in [0.25, 0.3) is 11.3 Å². The molecular formula is C30H40ClFN2O2SSi. The van der Waals surface area contributed by atoms with E-state index in [1.165, 1.54) is 12.8 Å². The highest BCUT2D eigenvalue weighted by molar-refractivity contribution is 7.16. The molecule has 0 saturated heterocycles. The molecule has 206 valence electrons. The van der Waals surface area contributed by atoms with E-state index in [0.717, 1.165) is 38.1 Å². The van der Waals surface area contributed by atoms with E-state index in [1.807, 2.05) is 25.1 Å². The second-order valence-electron chi connectivity index (χ2n) is 12.0. The van der Waals surface area contributed by atoms with Gasteiger partial charge in [-0.2, -0.15) is 0 Å². The minimum absolute atomic E-state index is 0.0950. The maximum Gasteiger partial charge on any atom is 0.192 e. The van der Waals surface area contributed by atoms with Crippen LogP contribution >= 0.6 is 22.9 Å². The molecule has 0 radical (unpaired) electrons. The lowest BCUT2D eigenvalue weighted by atomic mass is 9.93. The third-order valence-corrected chi connectivity index (χ3v) is 13.8. The number of aromatic nitrogens is 1. The third-order valence-electron chi connectivity index (χ3n) is 8.10. The Hall–Kier alpha value is -1.93. The van der Waals surface area contributed by atoms with Gasteiger partial charge in [0.2, 0.25) is 0 Å². The Bertz CT molecular complexity index is 1300. The highest BCUT2D eigenvalue weighted by Crippen LogP contribution is 2.44. The number of thiazole rings is 1. The Morgan fingerprint density at radius 1 is 1.18 bits per heavy atom. The summed E-state index contributed by atoms with van der Waals surface area (Å²) in [6, 6.07) is 9.58. The zero-order valence-electron chi connectivity index (χ0n) is 23.8. The second kappa shape index (κ2) is 11.3. The molecule has 0 unspecified atom stereocenters. The smallest absolute Gasteiger partial charge is 0.192 e. The quantitative estimate of drug-likeness (QED) is 0.245. The summed E-state index contributed by atoms with van der Waals surface area (Å²) in [5.74, 6) is 1.39. The van der Waals surface area contributed by atoms with E-state index in [9.17, 15) is 0 Å². The van der Waals surface area contributed by atoms with E-state index in [1.54, 1.807) is 24.5 Å². The van der Waals surface area contributed by atoms with Crippen LogP contribution in [0.3, 0.4) is 0 Å². The first-order chi connectivity index (χ1) is 17.8. The number of hydrogen-bond donors (Lipinski definition) is 1. The standard InChI is InChI=1S/C30H40ClFN2O2SSi/c1-18-13-23(25(31)15-27(18)35-6)28-19(2)37-29(34-28)33-16-24(20-9-10-20)21-11-12-22(26(32)14-21)17-36-38(7,8)30(3,4)5/h11-15,20,24H,9-10,16-17H2,1-8H3,(H,33,34)/t24-/m0/s1. The van der Waals surface area contributed by atoms with Crippen molar-refractivity contribution in [2.45, 2.75) is 78.1 Å². The first-order valence-electron chi connectivity index (χ1n) is 13.3. The number of hydrogen-bond acceptors (Lipinski definition) is 5. The number of anilines is 1. The van der Waals surface area contributed by atoms with Gasteiger partial charge in [-0.05, 0) is 80.1 Å². The summed E-state index contributed by atoms with van der Waals surface area (Å²) < 4.78 is 26.8. The van der Waals surface area contributed by atoms with Crippen LogP contribution in [0.4, 0.5) is 9.52 Å². The summed E-state index contributed by atoms with van der Waals surface area (Å²) in [4.78, 5) is 5.97. The molecule has 4 nitrogen and oxygen atoms in total. The molecule has 4 rings (SSSR count). The molecule has 2 aromatic carbocycles. The summed E-state index contributed by atoms with van der Waals surface area (Å²) in [5.41, 5.74) is 4.48. The second-order valence-corrected chi connectivity index (χ2v) is 18.4. The van der Waals surface area contributed by atoms with Crippen molar-refractivity contribution in [3.05, 3.63) is 62.7 Å². The van der Waals surface area contributed by atoms with Crippen molar-refractivity contribution in [2.24, 2.45) is 5.92 Å². The predicted molar refractivity (Wildman–Crippen MR) is 161 cm³/mol. The van der Waals surface area contributed by atoms with E-state index in [-0.39, 0.29) is 16.8 Å². The molecule has 1 fully saturated rings. The van der Waals surface area contributed by atoms with E-state index < -0.39 is 8.32 Å². The highest BCUT2D eigenvalue weighted by atomic mass is 35.5. The van der Waals surface area contributed by atoms with E-state index in [2.05, 4.69) is 52.2 Å². The Kier molecular flexibility index (Phi) is 8.63.